The summed E-state index contributed by atoms with van der Waals surface area (Å²) in [5, 5.41) is 2.64. The molecule has 6 nitrogen and oxygen atoms in total. The molecular formula is C14H24N2O4. The monoisotopic (exact) mass is 284 g/mol. The van der Waals surface area contributed by atoms with Gasteiger partial charge in [0.1, 0.15) is 12.1 Å². The summed E-state index contributed by atoms with van der Waals surface area (Å²) >= 11 is 0. The lowest BCUT2D eigenvalue weighted by Crippen LogP contribution is -2.53. The number of likely N-dealkylation sites (tertiary alicyclic amines) is 1. The van der Waals surface area contributed by atoms with Crippen LogP contribution in [0.15, 0.2) is 0 Å². The lowest BCUT2D eigenvalue weighted by Gasteiger charge is -2.30. The second-order valence-electron chi connectivity index (χ2n) is 5.36. The van der Waals surface area contributed by atoms with Crippen LogP contribution in [0.4, 0.5) is 0 Å². The molecule has 0 aliphatic carbocycles. The Morgan fingerprint density at radius 3 is 2.45 bits per heavy atom. The predicted octanol–water partition coefficient (Wildman–Crippen LogP) is 0.701. The van der Waals surface area contributed by atoms with Crippen molar-refractivity contribution in [3.63, 3.8) is 0 Å². The number of ether oxygens (including phenoxy) is 1. The van der Waals surface area contributed by atoms with E-state index in [1.54, 1.807) is 18.7 Å². The largest absolute Gasteiger partial charge is 0.464 e. The Balaban J connectivity index is 2.70. The van der Waals surface area contributed by atoms with E-state index in [1.807, 2.05) is 13.8 Å². The first kappa shape index (κ1) is 16.5. The van der Waals surface area contributed by atoms with Crippen molar-refractivity contribution in [1.82, 2.24) is 10.2 Å². The summed E-state index contributed by atoms with van der Waals surface area (Å²) < 4.78 is 4.86. The maximum absolute atomic E-state index is 12.3. The minimum atomic E-state index is -0.707. The minimum Gasteiger partial charge on any atom is -0.464 e. The van der Waals surface area contributed by atoms with Gasteiger partial charge in [0.05, 0.1) is 6.61 Å². The second kappa shape index (κ2) is 7.26. The zero-order chi connectivity index (χ0) is 15.3. The first-order valence-electron chi connectivity index (χ1n) is 7.15. The quantitative estimate of drug-likeness (QED) is 0.729. The molecule has 0 bridgehead atoms. The molecule has 2 amide bonds. The topological polar surface area (TPSA) is 75.7 Å². The van der Waals surface area contributed by atoms with Crippen molar-refractivity contribution >= 4 is 17.8 Å². The number of nitrogens with zero attached hydrogens (tertiary/aromatic N) is 1. The number of amides is 2. The van der Waals surface area contributed by atoms with E-state index >= 15 is 0 Å². The average Bonchev–Trinajstić information content (AvgIpc) is 2.75. The Bertz CT molecular complexity index is 381. The van der Waals surface area contributed by atoms with Gasteiger partial charge >= 0.3 is 5.97 Å². The molecule has 114 valence electrons. The molecule has 1 aliphatic rings. The molecule has 0 radical (unpaired) electrons. The molecule has 1 aliphatic heterocycles. The number of carbonyl (C=O) groups excluding carboxylic acids is 3. The summed E-state index contributed by atoms with van der Waals surface area (Å²) in [5.74, 6) is -0.763. The molecule has 0 aromatic rings. The molecule has 1 fully saturated rings. The van der Waals surface area contributed by atoms with Crippen molar-refractivity contribution in [2.24, 2.45) is 5.92 Å². The van der Waals surface area contributed by atoms with Gasteiger partial charge in [-0.15, -0.1) is 0 Å². The van der Waals surface area contributed by atoms with Crippen molar-refractivity contribution < 1.29 is 19.1 Å². The van der Waals surface area contributed by atoms with E-state index in [0.717, 1.165) is 6.42 Å². The van der Waals surface area contributed by atoms with Crippen LogP contribution in [0.2, 0.25) is 0 Å². The molecule has 0 aromatic heterocycles. The van der Waals surface area contributed by atoms with Crippen molar-refractivity contribution in [2.45, 2.75) is 52.6 Å². The number of nitrogens with one attached hydrogen (secondary N) is 1. The number of esters is 1. The van der Waals surface area contributed by atoms with Gasteiger partial charge in [0.2, 0.25) is 11.8 Å². The Hall–Kier alpha value is -1.59. The number of carbonyl (C=O) groups is 3. The standard InChI is InChI=1S/C14H24N2O4/c1-5-20-14(19)10(4)15-13(18)12(9(2)3)16-8-6-7-11(16)17/h9-10,12H,5-8H2,1-4H3,(H,15,18). The summed E-state index contributed by atoms with van der Waals surface area (Å²) in [5.41, 5.74) is 0. The third-order valence-corrected chi connectivity index (χ3v) is 3.34. The van der Waals surface area contributed by atoms with Crippen molar-refractivity contribution in [3.05, 3.63) is 0 Å². The Morgan fingerprint density at radius 1 is 1.35 bits per heavy atom. The lowest BCUT2D eigenvalue weighted by molar-refractivity contribution is -0.148. The summed E-state index contributed by atoms with van der Waals surface area (Å²) in [4.78, 5) is 37.3. The maximum Gasteiger partial charge on any atom is 0.328 e. The summed E-state index contributed by atoms with van der Waals surface area (Å²) in [6.45, 7) is 7.96. The van der Waals surface area contributed by atoms with Gasteiger partial charge in [0.25, 0.3) is 0 Å². The van der Waals surface area contributed by atoms with Gasteiger partial charge in [-0.2, -0.15) is 0 Å². The molecule has 1 saturated heterocycles. The number of rotatable bonds is 6. The van der Waals surface area contributed by atoms with Crippen LogP contribution in [0.1, 0.15) is 40.5 Å². The Kier molecular flexibility index (Phi) is 5.98. The van der Waals surface area contributed by atoms with Crippen LogP contribution < -0.4 is 5.32 Å². The van der Waals surface area contributed by atoms with Gasteiger partial charge in [-0.05, 0) is 26.2 Å². The molecule has 2 atom stereocenters. The summed E-state index contributed by atoms with van der Waals surface area (Å²) in [6.07, 6.45) is 1.27. The minimum absolute atomic E-state index is 0.00244. The van der Waals surface area contributed by atoms with Crippen molar-refractivity contribution in [3.8, 4) is 0 Å². The molecule has 2 unspecified atom stereocenters. The molecular weight excluding hydrogens is 260 g/mol. The first-order valence-corrected chi connectivity index (χ1v) is 7.15. The van der Waals surface area contributed by atoms with Crippen LogP contribution in [-0.2, 0) is 19.1 Å². The molecule has 1 rings (SSSR count). The van der Waals surface area contributed by atoms with Crippen LogP contribution in [0, 0.1) is 5.92 Å². The van der Waals surface area contributed by atoms with Gasteiger partial charge in [0, 0.05) is 13.0 Å². The molecule has 6 heteroatoms. The fourth-order valence-electron chi connectivity index (χ4n) is 2.39. The molecule has 1 heterocycles. The van der Waals surface area contributed by atoms with E-state index < -0.39 is 18.1 Å². The fourth-order valence-corrected chi connectivity index (χ4v) is 2.39. The first-order chi connectivity index (χ1) is 9.38. The summed E-state index contributed by atoms with van der Waals surface area (Å²) in [6, 6.07) is -1.23. The molecule has 0 aromatic carbocycles. The van der Waals surface area contributed by atoms with Gasteiger partial charge in [-0.25, -0.2) is 4.79 Å². The van der Waals surface area contributed by atoms with Gasteiger partial charge < -0.3 is 15.0 Å². The molecule has 1 N–H and O–H groups in total. The van der Waals surface area contributed by atoms with E-state index in [4.69, 9.17) is 4.74 Å². The maximum atomic E-state index is 12.3. The molecule has 0 spiro atoms. The van der Waals surface area contributed by atoms with E-state index in [9.17, 15) is 14.4 Å². The SMILES string of the molecule is CCOC(=O)C(C)NC(=O)C(C(C)C)N1CCCC1=O. The van der Waals surface area contributed by atoms with Crippen molar-refractivity contribution in [2.75, 3.05) is 13.2 Å². The third kappa shape index (κ3) is 3.95. The van der Waals surface area contributed by atoms with Gasteiger partial charge in [-0.1, -0.05) is 13.8 Å². The Morgan fingerprint density at radius 2 is 2.00 bits per heavy atom. The lowest BCUT2D eigenvalue weighted by atomic mass is 10.0. The highest BCUT2D eigenvalue weighted by atomic mass is 16.5. The fraction of sp³-hybridized carbons (Fsp3) is 0.786. The van der Waals surface area contributed by atoms with Gasteiger partial charge in [0.15, 0.2) is 0 Å². The number of hydrogen-bond acceptors (Lipinski definition) is 4. The van der Waals surface area contributed by atoms with Crippen LogP contribution in [0.5, 0.6) is 0 Å². The normalized spacial score (nSPS) is 18.1. The highest BCUT2D eigenvalue weighted by molar-refractivity contribution is 5.91. The van der Waals surface area contributed by atoms with Crippen LogP contribution in [0.3, 0.4) is 0 Å². The van der Waals surface area contributed by atoms with Crippen LogP contribution >= 0.6 is 0 Å². The summed E-state index contributed by atoms with van der Waals surface area (Å²) in [7, 11) is 0. The highest BCUT2D eigenvalue weighted by Gasteiger charge is 2.35. The zero-order valence-corrected chi connectivity index (χ0v) is 12.6. The average molecular weight is 284 g/mol. The zero-order valence-electron chi connectivity index (χ0n) is 12.6. The van der Waals surface area contributed by atoms with E-state index in [0.29, 0.717) is 13.0 Å². The van der Waals surface area contributed by atoms with E-state index in [2.05, 4.69) is 5.32 Å². The predicted molar refractivity (Wildman–Crippen MR) is 73.8 cm³/mol. The van der Waals surface area contributed by atoms with Gasteiger partial charge in [-0.3, -0.25) is 9.59 Å². The van der Waals surface area contributed by atoms with Crippen LogP contribution in [-0.4, -0.2) is 47.9 Å². The van der Waals surface area contributed by atoms with E-state index in [1.165, 1.54) is 0 Å². The second-order valence-corrected chi connectivity index (χ2v) is 5.36. The third-order valence-electron chi connectivity index (χ3n) is 3.34. The van der Waals surface area contributed by atoms with Crippen molar-refractivity contribution in [1.29, 1.82) is 0 Å². The highest BCUT2D eigenvalue weighted by Crippen LogP contribution is 2.19. The van der Waals surface area contributed by atoms with Crippen LogP contribution in [0.25, 0.3) is 0 Å². The molecule has 20 heavy (non-hydrogen) atoms. The number of hydrogen-bond donors (Lipinski definition) is 1. The molecule has 0 saturated carbocycles. The smallest absolute Gasteiger partial charge is 0.328 e. The Labute approximate surface area is 119 Å². The van der Waals surface area contributed by atoms with E-state index in [-0.39, 0.29) is 24.3 Å².